The van der Waals surface area contributed by atoms with Crippen LogP contribution in [0.1, 0.15) is 44.8 Å². The van der Waals surface area contributed by atoms with E-state index < -0.39 is 17.8 Å². The van der Waals surface area contributed by atoms with Crippen LogP contribution in [0.4, 0.5) is 5.00 Å². The summed E-state index contributed by atoms with van der Waals surface area (Å²) in [7, 11) is 1.29. The normalized spacial score (nSPS) is 12.6. The van der Waals surface area contributed by atoms with Gasteiger partial charge >= 0.3 is 17.8 Å². The molecule has 0 fully saturated rings. The van der Waals surface area contributed by atoms with Gasteiger partial charge in [0.2, 0.25) is 0 Å². The molecule has 0 aliphatic heterocycles. The van der Waals surface area contributed by atoms with Crippen molar-refractivity contribution in [2.24, 2.45) is 5.10 Å². The Morgan fingerprint density at radius 2 is 1.81 bits per heavy atom. The zero-order valence-corrected chi connectivity index (χ0v) is 21.1. The van der Waals surface area contributed by atoms with Gasteiger partial charge in [0, 0.05) is 15.5 Å². The van der Waals surface area contributed by atoms with Gasteiger partial charge in [-0.05, 0) is 67.1 Å². The first kappa shape index (κ1) is 25.4. The lowest BCUT2D eigenvalue weighted by Gasteiger charge is -2.11. The topological polar surface area (TPSA) is 106 Å². The van der Waals surface area contributed by atoms with Crippen molar-refractivity contribution in [2.45, 2.75) is 32.3 Å². The van der Waals surface area contributed by atoms with E-state index in [0.29, 0.717) is 33.5 Å². The van der Waals surface area contributed by atoms with Gasteiger partial charge in [0.1, 0.15) is 17.4 Å². The highest BCUT2D eigenvalue weighted by molar-refractivity contribution is 7.17. The minimum atomic E-state index is -0.951. The Morgan fingerprint density at radius 1 is 1.06 bits per heavy atom. The molecule has 0 atom stereocenters. The van der Waals surface area contributed by atoms with Gasteiger partial charge in [0.05, 0.1) is 18.9 Å². The van der Waals surface area contributed by atoms with E-state index in [1.54, 1.807) is 30.3 Å². The summed E-state index contributed by atoms with van der Waals surface area (Å²) in [6, 6.07) is 14.5. The molecule has 0 saturated heterocycles. The van der Waals surface area contributed by atoms with Crippen molar-refractivity contribution < 1.29 is 23.9 Å². The molecule has 1 aliphatic carbocycles. The van der Waals surface area contributed by atoms with Gasteiger partial charge in [-0.1, -0.05) is 29.8 Å². The number of thiophene rings is 1. The van der Waals surface area contributed by atoms with Crippen molar-refractivity contribution >= 4 is 51.9 Å². The second kappa shape index (κ2) is 11.8. The van der Waals surface area contributed by atoms with Crippen LogP contribution in [0.2, 0.25) is 5.02 Å². The van der Waals surface area contributed by atoms with Gasteiger partial charge in [-0.15, -0.1) is 11.3 Å². The Kier molecular flexibility index (Phi) is 8.35. The second-order valence-corrected chi connectivity index (χ2v) is 9.52. The lowest BCUT2D eigenvalue weighted by molar-refractivity contribution is -0.136. The highest BCUT2D eigenvalue weighted by Crippen LogP contribution is 2.38. The van der Waals surface area contributed by atoms with Crippen LogP contribution in [0, 0.1) is 0 Å². The van der Waals surface area contributed by atoms with Crippen LogP contribution in [0.25, 0.3) is 0 Å². The molecular formula is C26H24ClN3O5S. The summed E-state index contributed by atoms with van der Waals surface area (Å²) in [5, 5.41) is 7.35. The molecule has 0 spiro atoms. The maximum absolute atomic E-state index is 12.4. The zero-order valence-electron chi connectivity index (χ0n) is 19.5. The number of benzene rings is 2. The first-order valence-corrected chi connectivity index (χ1v) is 12.5. The highest BCUT2D eigenvalue weighted by Gasteiger charge is 2.28. The van der Waals surface area contributed by atoms with Crippen LogP contribution in [-0.2, 0) is 33.8 Å². The molecule has 186 valence electrons. The molecule has 8 nitrogen and oxygen atoms in total. The lowest BCUT2D eigenvalue weighted by atomic mass is 9.95. The zero-order chi connectivity index (χ0) is 25.5. The smallest absolute Gasteiger partial charge is 0.341 e. The molecule has 36 heavy (non-hydrogen) atoms. The number of amides is 2. The summed E-state index contributed by atoms with van der Waals surface area (Å²) in [6.45, 7) is 0.337. The van der Waals surface area contributed by atoms with Crippen LogP contribution >= 0.6 is 22.9 Å². The van der Waals surface area contributed by atoms with E-state index in [0.717, 1.165) is 41.7 Å². The third kappa shape index (κ3) is 6.10. The van der Waals surface area contributed by atoms with Crippen molar-refractivity contribution in [2.75, 3.05) is 12.4 Å². The number of carbonyl (C=O) groups excluding carboxylic acids is 3. The number of esters is 1. The summed E-state index contributed by atoms with van der Waals surface area (Å²) in [6.07, 6.45) is 4.97. The Morgan fingerprint density at radius 3 is 2.56 bits per heavy atom. The maximum atomic E-state index is 12.4. The SMILES string of the molecule is COC(=O)c1c(NC(=O)C(=O)N/N=C/c2ccc(OCc3ccccc3Cl)cc2)sc2c1CCCC2. The van der Waals surface area contributed by atoms with Crippen LogP contribution in [0.3, 0.4) is 0 Å². The van der Waals surface area contributed by atoms with Crippen molar-refractivity contribution in [1.82, 2.24) is 5.43 Å². The van der Waals surface area contributed by atoms with Crippen LogP contribution < -0.4 is 15.5 Å². The molecule has 0 saturated carbocycles. The first-order chi connectivity index (χ1) is 17.5. The average molecular weight is 526 g/mol. The number of aryl methyl sites for hydroxylation is 1. The van der Waals surface area contributed by atoms with E-state index in [-0.39, 0.29) is 0 Å². The molecule has 2 N–H and O–H groups in total. The fraction of sp³-hybridized carbons (Fsp3) is 0.231. The number of fused-ring (bicyclic) bond motifs is 1. The summed E-state index contributed by atoms with van der Waals surface area (Å²) < 4.78 is 10.6. The van der Waals surface area contributed by atoms with Gasteiger partial charge in [-0.3, -0.25) is 9.59 Å². The predicted octanol–water partition coefficient (Wildman–Crippen LogP) is 4.73. The van der Waals surface area contributed by atoms with Gasteiger partial charge in [-0.2, -0.15) is 5.10 Å². The Balaban J connectivity index is 1.32. The monoisotopic (exact) mass is 525 g/mol. The fourth-order valence-electron chi connectivity index (χ4n) is 3.77. The number of nitrogens with one attached hydrogen (secondary N) is 2. The number of halogens is 1. The van der Waals surface area contributed by atoms with E-state index in [1.807, 2.05) is 18.2 Å². The molecule has 1 aromatic heterocycles. The standard InChI is InChI=1S/C26H24ClN3O5S/c1-34-26(33)22-19-7-3-5-9-21(19)36-25(22)29-23(31)24(32)30-28-14-16-10-12-18(13-11-16)35-15-17-6-2-4-8-20(17)27/h2,4,6,8,10-14H,3,5,7,9,15H2,1H3,(H,29,31)(H,30,32)/b28-14+. The molecule has 0 radical (unpaired) electrons. The largest absolute Gasteiger partial charge is 0.489 e. The molecule has 2 amide bonds. The van der Waals surface area contributed by atoms with Crippen molar-refractivity contribution in [3.8, 4) is 5.75 Å². The molecule has 0 unspecified atom stereocenters. The third-order valence-corrected chi connectivity index (χ3v) is 7.18. The van der Waals surface area contributed by atoms with Gasteiger partial charge in [0.15, 0.2) is 0 Å². The number of hydrazone groups is 1. The van der Waals surface area contributed by atoms with Crippen LogP contribution in [-0.4, -0.2) is 31.1 Å². The van der Waals surface area contributed by atoms with Crippen LogP contribution in [0.5, 0.6) is 5.75 Å². The van der Waals surface area contributed by atoms with Crippen LogP contribution in [0.15, 0.2) is 53.6 Å². The van der Waals surface area contributed by atoms with Gasteiger partial charge in [0.25, 0.3) is 0 Å². The van der Waals surface area contributed by atoms with E-state index >= 15 is 0 Å². The molecule has 4 rings (SSSR count). The molecular weight excluding hydrogens is 502 g/mol. The number of hydrogen-bond donors (Lipinski definition) is 2. The summed E-state index contributed by atoms with van der Waals surface area (Å²) in [4.78, 5) is 38.0. The van der Waals surface area contributed by atoms with E-state index in [9.17, 15) is 14.4 Å². The molecule has 0 bridgehead atoms. The second-order valence-electron chi connectivity index (χ2n) is 8.01. The van der Waals surface area contributed by atoms with E-state index in [4.69, 9.17) is 21.1 Å². The van der Waals surface area contributed by atoms with Crippen molar-refractivity contribution in [1.29, 1.82) is 0 Å². The quantitative estimate of drug-likeness (QED) is 0.201. The Bertz CT molecular complexity index is 1300. The molecule has 3 aromatic rings. The lowest BCUT2D eigenvalue weighted by Crippen LogP contribution is -2.32. The van der Waals surface area contributed by atoms with Gasteiger partial charge in [-0.25, -0.2) is 10.2 Å². The molecule has 1 aliphatic rings. The number of methoxy groups -OCH3 is 1. The minimum Gasteiger partial charge on any atom is -0.489 e. The summed E-state index contributed by atoms with van der Waals surface area (Å²) >= 11 is 7.44. The summed E-state index contributed by atoms with van der Waals surface area (Å²) in [5.74, 6) is -1.75. The maximum Gasteiger partial charge on any atom is 0.341 e. The number of anilines is 1. The number of hydrogen-bond acceptors (Lipinski definition) is 7. The number of ether oxygens (including phenoxy) is 2. The summed E-state index contributed by atoms with van der Waals surface area (Å²) in [5.41, 5.74) is 5.01. The molecule has 1 heterocycles. The van der Waals surface area contributed by atoms with Crippen molar-refractivity contribution in [3.63, 3.8) is 0 Å². The molecule has 2 aromatic carbocycles. The van der Waals surface area contributed by atoms with E-state index in [2.05, 4.69) is 15.8 Å². The molecule has 10 heteroatoms. The van der Waals surface area contributed by atoms with E-state index in [1.165, 1.54) is 24.7 Å². The minimum absolute atomic E-state index is 0.324. The Labute approximate surface area is 217 Å². The number of nitrogens with zero attached hydrogens (tertiary/aromatic N) is 1. The predicted molar refractivity (Wildman–Crippen MR) is 139 cm³/mol. The fourth-order valence-corrected chi connectivity index (χ4v) is 5.24. The average Bonchev–Trinajstić information content (AvgIpc) is 3.26. The third-order valence-electron chi connectivity index (χ3n) is 5.61. The number of carbonyl (C=O) groups is 3. The first-order valence-electron chi connectivity index (χ1n) is 11.3. The van der Waals surface area contributed by atoms with Gasteiger partial charge < -0.3 is 14.8 Å². The van der Waals surface area contributed by atoms with Crippen molar-refractivity contribution in [3.05, 3.63) is 80.7 Å². The highest BCUT2D eigenvalue weighted by atomic mass is 35.5. The Hall–Kier alpha value is -3.69. The number of rotatable bonds is 7.